The molecule has 0 unspecified atom stereocenters. The van der Waals surface area contributed by atoms with Gasteiger partial charge in [-0.15, -0.1) is 0 Å². The molecule has 25 heavy (non-hydrogen) atoms. The molecule has 5 nitrogen and oxygen atoms in total. The lowest BCUT2D eigenvalue weighted by Crippen LogP contribution is -2.20. The van der Waals surface area contributed by atoms with Crippen molar-refractivity contribution >= 4 is 22.5 Å². The number of phenolic OH excluding ortho intramolecular Hbond substituents is 1. The molecule has 2 N–H and O–H groups in total. The number of benzene rings is 2. The molecule has 0 spiro atoms. The van der Waals surface area contributed by atoms with Crippen LogP contribution in [0.3, 0.4) is 0 Å². The molecule has 0 aliphatic rings. The van der Waals surface area contributed by atoms with Crippen LogP contribution in [0.1, 0.15) is 13.8 Å². The van der Waals surface area contributed by atoms with Crippen LogP contribution in [0, 0.1) is 5.92 Å². The van der Waals surface area contributed by atoms with Gasteiger partial charge in [-0.05, 0) is 48.4 Å². The summed E-state index contributed by atoms with van der Waals surface area (Å²) in [6, 6.07) is 14.2. The quantitative estimate of drug-likeness (QED) is 0.667. The van der Waals surface area contributed by atoms with Gasteiger partial charge >= 0.3 is 0 Å². The van der Waals surface area contributed by atoms with E-state index in [9.17, 15) is 9.90 Å². The maximum absolute atomic E-state index is 12.1. The van der Waals surface area contributed by atoms with Crippen molar-refractivity contribution in [1.82, 2.24) is 4.57 Å². The summed E-state index contributed by atoms with van der Waals surface area (Å²) in [5.41, 5.74) is 1.72. The number of nitrogens with zero attached hydrogens (tertiary/aromatic N) is 1. The molecule has 1 aromatic heterocycles. The van der Waals surface area contributed by atoms with E-state index in [1.807, 2.05) is 24.4 Å². The Morgan fingerprint density at radius 3 is 2.64 bits per heavy atom. The Labute approximate surface area is 146 Å². The molecule has 3 aromatic rings. The molecular formula is C20H22N2O3. The van der Waals surface area contributed by atoms with Gasteiger partial charge < -0.3 is 19.7 Å². The van der Waals surface area contributed by atoms with Gasteiger partial charge in [0.25, 0.3) is 5.91 Å². The highest BCUT2D eigenvalue weighted by Gasteiger charge is 2.10. The first-order valence-corrected chi connectivity index (χ1v) is 8.32. The fourth-order valence-corrected chi connectivity index (χ4v) is 2.76. The monoisotopic (exact) mass is 338 g/mol. The fourth-order valence-electron chi connectivity index (χ4n) is 2.76. The van der Waals surface area contributed by atoms with Gasteiger partial charge in [0.05, 0.1) is 5.52 Å². The van der Waals surface area contributed by atoms with Crippen LogP contribution >= 0.6 is 0 Å². The highest BCUT2D eigenvalue weighted by molar-refractivity contribution is 5.92. The lowest BCUT2D eigenvalue weighted by molar-refractivity contribution is -0.118. The highest BCUT2D eigenvalue weighted by Crippen LogP contribution is 2.27. The number of aromatic nitrogens is 1. The van der Waals surface area contributed by atoms with Crippen LogP contribution in [-0.4, -0.2) is 22.2 Å². The maximum Gasteiger partial charge on any atom is 0.262 e. The largest absolute Gasteiger partial charge is 0.508 e. The number of aromatic hydroxyl groups is 1. The number of anilines is 1. The van der Waals surface area contributed by atoms with E-state index in [4.69, 9.17) is 4.74 Å². The van der Waals surface area contributed by atoms with Crippen molar-refractivity contribution in [2.24, 2.45) is 5.92 Å². The molecule has 0 fully saturated rings. The summed E-state index contributed by atoms with van der Waals surface area (Å²) in [4.78, 5) is 12.1. The van der Waals surface area contributed by atoms with Crippen LogP contribution in [0.25, 0.3) is 10.9 Å². The fraction of sp³-hybridized carbons (Fsp3) is 0.250. The number of carbonyl (C=O) groups excluding carboxylic acids is 1. The zero-order valence-electron chi connectivity index (χ0n) is 14.4. The van der Waals surface area contributed by atoms with E-state index in [0.717, 1.165) is 17.4 Å². The number of fused-ring (bicyclic) bond motifs is 1. The van der Waals surface area contributed by atoms with E-state index in [0.29, 0.717) is 17.4 Å². The summed E-state index contributed by atoms with van der Waals surface area (Å²) >= 11 is 0. The Kier molecular flexibility index (Phi) is 4.93. The van der Waals surface area contributed by atoms with Gasteiger partial charge in [-0.1, -0.05) is 19.9 Å². The number of ether oxygens (including phenoxy) is 1. The average Bonchev–Trinajstić information content (AvgIpc) is 2.98. The van der Waals surface area contributed by atoms with Crippen LogP contribution < -0.4 is 10.1 Å². The van der Waals surface area contributed by atoms with E-state index < -0.39 is 0 Å². The van der Waals surface area contributed by atoms with E-state index in [1.165, 1.54) is 12.1 Å². The summed E-state index contributed by atoms with van der Waals surface area (Å²) in [6.07, 6.45) is 2.05. The number of rotatable bonds is 6. The number of carbonyl (C=O) groups is 1. The molecule has 2 aromatic carbocycles. The Morgan fingerprint density at radius 2 is 1.92 bits per heavy atom. The predicted molar refractivity (Wildman–Crippen MR) is 99.0 cm³/mol. The molecule has 1 amide bonds. The Morgan fingerprint density at radius 1 is 1.16 bits per heavy atom. The molecule has 3 rings (SSSR count). The third-order valence-electron chi connectivity index (χ3n) is 3.85. The molecule has 0 aliphatic carbocycles. The second-order valence-corrected chi connectivity index (χ2v) is 6.43. The summed E-state index contributed by atoms with van der Waals surface area (Å²) in [5.74, 6) is 1.16. The van der Waals surface area contributed by atoms with Crippen molar-refractivity contribution in [3.63, 3.8) is 0 Å². The summed E-state index contributed by atoms with van der Waals surface area (Å²) in [6.45, 7) is 5.23. The molecule has 130 valence electrons. The molecule has 0 saturated carbocycles. The predicted octanol–water partition coefficient (Wildman–Crippen LogP) is 4.02. The first-order valence-electron chi connectivity index (χ1n) is 8.32. The van der Waals surface area contributed by atoms with Gasteiger partial charge in [-0.3, -0.25) is 4.79 Å². The molecule has 1 heterocycles. The van der Waals surface area contributed by atoms with Crippen LogP contribution in [0.15, 0.2) is 54.7 Å². The van der Waals surface area contributed by atoms with E-state index in [-0.39, 0.29) is 18.3 Å². The maximum atomic E-state index is 12.1. The lowest BCUT2D eigenvalue weighted by Gasteiger charge is -2.11. The van der Waals surface area contributed by atoms with Gasteiger partial charge in [0, 0.05) is 23.8 Å². The molecule has 0 atom stereocenters. The third kappa shape index (κ3) is 4.12. The second kappa shape index (κ2) is 7.30. The van der Waals surface area contributed by atoms with Crippen LogP contribution in [0.4, 0.5) is 5.69 Å². The molecule has 0 aliphatic heterocycles. The minimum Gasteiger partial charge on any atom is -0.508 e. The zero-order valence-corrected chi connectivity index (χ0v) is 14.4. The van der Waals surface area contributed by atoms with Crippen LogP contribution in [0.5, 0.6) is 11.5 Å². The van der Waals surface area contributed by atoms with E-state index in [1.54, 1.807) is 12.1 Å². The number of hydrogen-bond acceptors (Lipinski definition) is 3. The number of amides is 1. The van der Waals surface area contributed by atoms with Crippen molar-refractivity contribution in [2.75, 3.05) is 11.9 Å². The summed E-state index contributed by atoms with van der Waals surface area (Å²) in [7, 11) is 0. The molecular weight excluding hydrogens is 316 g/mol. The van der Waals surface area contributed by atoms with Gasteiger partial charge in [0.2, 0.25) is 0 Å². The smallest absolute Gasteiger partial charge is 0.262 e. The van der Waals surface area contributed by atoms with Crippen LogP contribution in [0.2, 0.25) is 0 Å². The van der Waals surface area contributed by atoms with E-state index >= 15 is 0 Å². The molecule has 0 bridgehead atoms. The molecule has 0 radical (unpaired) electrons. The summed E-state index contributed by atoms with van der Waals surface area (Å²) < 4.78 is 7.92. The first-order chi connectivity index (χ1) is 12.0. The minimum atomic E-state index is -0.246. The van der Waals surface area contributed by atoms with Gasteiger partial charge in [0.1, 0.15) is 11.5 Å². The van der Waals surface area contributed by atoms with Crippen LogP contribution in [-0.2, 0) is 11.3 Å². The SMILES string of the molecule is CC(C)Cn1ccc2c(OCC(=O)Nc3ccc(O)cc3)cccc21. The van der Waals surface area contributed by atoms with Gasteiger partial charge in [-0.25, -0.2) is 0 Å². The number of phenols is 1. The number of hydrogen-bond donors (Lipinski definition) is 2. The van der Waals surface area contributed by atoms with Gasteiger partial charge in [-0.2, -0.15) is 0 Å². The van der Waals surface area contributed by atoms with Crippen molar-refractivity contribution in [3.05, 3.63) is 54.7 Å². The minimum absolute atomic E-state index is 0.0741. The average molecular weight is 338 g/mol. The molecule has 5 heteroatoms. The van der Waals surface area contributed by atoms with Crippen molar-refractivity contribution in [1.29, 1.82) is 0 Å². The lowest BCUT2D eigenvalue weighted by atomic mass is 10.2. The number of nitrogens with one attached hydrogen (secondary N) is 1. The Bertz CT molecular complexity index is 866. The molecule has 0 saturated heterocycles. The van der Waals surface area contributed by atoms with E-state index in [2.05, 4.69) is 29.8 Å². The van der Waals surface area contributed by atoms with Crippen molar-refractivity contribution in [3.8, 4) is 11.5 Å². The zero-order chi connectivity index (χ0) is 17.8. The standard InChI is InChI=1S/C20H22N2O3/c1-14(2)12-22-11-10-17-18(22)4-3-5-19(17)25-13-20(24)21-15-6-8-16(23)9-7-15/h3-11,14,23H,12-13H2,1-2H3,(H,21,24). The van der Waals surface area contributed by atoms with Gasteiger partial charge in [0.15, 0.2) is 6.61 Å². The summed E-state index contributed by atoms with van der Waals surface area (Å²) in [5, 5.41) is 13.0. The first kappa shape index (κ1) is 16.9. The Balaban J connectivity index is 1.67. The normalized spacial score (nSPS) is 11.0. The third-order valence-corrected chi connectivity index (χ3v) is 3.85. The topological polar surface area (TPSA) is 63.5 Å². The van der Waals surface area contributed by atoms with Crippen molar-refractivity contribution in [2.45, 2.75) is 20.4 Å². The van der Waals surface area contributed by atoms with Crippen molar-refractivity contribution < 1.29 is 14.6 Å². The second-order valence-electron chi connectivity index (χ2n) is 6.43. The Hall–Kier alpha value is -2.95. The highest BCUT2D eigenvalue weighted by atomic mass is 16.5.